The van der Waals surface area contributed by atoms with Crippen LogP contribution in [0.1, 0.15) is 33.3 Å². The third-order valence-corrected chi connectivity index (χ3v) is 2.42. The van der Waals surface area contributed by atoms with Crippen LogP contribution in [0.4, 0.5) is 0 Å². The lowest BCUT2D eigenvalue weighted by Crippen LogP contribution is -2.21. The number of hydrogen-bond donors (Lipinski definition) is 1. The highest BCUT2D eigenvalue weighted by molar-refractivity contribution is 5.28. The van der Waals surface area contributed by atoms with E-state index in [-0.39, 0.29) is 6.10 Å². The second-order valence-electron chi connectivity index (χ2n) is 4.95. The van der Waals surface area contributed by atoms with Crippen LogP contribution in [0.15, 0.2) is 24.3 Å². The van der Waals surface area contributed by atoms with Gasteiger partial charge in [0, 0.05) is 12.6 Å². The van der Waals surface area contributed by atoms with Gasteiger partial charge < -0.3 is 14.8 Å². The van der Waals surface area contributed by atoms with Gasteiger partial charge in [-0.1, -0.05) is 26.0 Å². The van der Waals surface area contributed by atoms with Crippen molar-refractivity contribution < 1.29 is 9.47 Å². The molecule has 0 spiro atoms. The average Bonchev–Trinajstić information content (AvgIpc) is 2.32. The van der Waals surface area contributed by atoms with Crippen LogP contribution in [0.5, 0.6) is 5.75 Å². The van der Waals surface area contributed by atoms with Crippen molar-refractivity contribution in [2.75, 3.05) is 13.2 Å². The van der Waals surface area contributed by atoms with Crippen molar-refractivity contribution in [1.82, 2.24) is 5.32 Å². The summed E-state index contributed by atoms with van der Waals surface area (Å²) < 4.78 is 11.1. The Labute approximate surface area is 110 Å². The molecule has 3 nitrogen and oxygen atoms in total. The normalized spacial score (nSPS) is 11.2. The molecule has 0 fully saturated rings. The third-order valence-electron chi connectivity index (χ3n) is 2.42. The molecule has 3 heteroatoms. The SMILES string of the molecule is CC(C)NCc1cccc(OCCOC(C)C)c1. The molecule has 18 heavy (non-hydrogen) atoms. The summed E-state index contributed by atoms with van der Waals surface area (Å²) in [6.07, 6.45) is 0.259. The summed E-state index contributed by atoms with van der Waals surface area (Å²) in [4.78, 5) is 0. The maximum Gasteiger partial charge on any atom is 0.119 e. The molecule has 0 amide bonds. The first-order valence-corrected chi connectivity index (χ1v) is 6.64. The zero-order chi connectivity index (χ0) is 13.4. The number of rotatable bonds is 8. The highest BCUT2D eigenvalue weighted by atomic mass is 16.5. The Kier molecular flexibility index (Phi) is 6.76. The molecule has 0 aliphatic heterocycles. The van der Waals surface area contributed by atoms with Crippen molar-refractivity contribution in [1.29, 1.82) is 0 Å². The van der Waals surface area contributed by atoms with Crippen LogP contribution in [-0.4, -0.2) is 25.4 Å². The highest BCUT2D eigenvalue weighted by Crippen LogP contribution is 2.13. The Morgan fingerprint density at radius 3 is 2.56 bits per heavy atom. The van der Waals surface area contributed by atoms with E-state index < -0.39 is 0 Å². The molecule has 0 aromatic heterocycles. The summed E-state index contributed by atoms with van der Waals surface area (Å²) in [7, 11) is 0. The molecule has 0 bridgehead atoms. The van der Waals surface area contributed by atoms with Gasteiger partial charge in [0.15, 0.2) is 0 Å². The molecule has 0 aliphatic carbocycles. The predicted octanol–water partition coefficient (Wildman–Crippen LogP) is 2.99. The van der Waals surface area contributed by atoms with Gasteiger partial charge >= 0.3 is 0 Å². The van der Waals surface area contributed by atoms with E-state index in [1.165, 1.54) is 5.56 Å². The van der Waals surface area contributed by atoms with Crippen LogP contribution < -0.4 is 10.1 Å². The van der Waals surface area contributed by atoms with Crippen LogP contribution in [0.25, 0.3) is 0 Å². The van der Waals surface area contributed by atoms with Gasteiger partial charge in [-0.25, -0.2) is 0 Å². The van der Waals surface area contributed by atoms with E-state index in [1.807, 2.05) is 26.0 Å². The van der Waals surface area contributed by atoms with Gasteiger partial charge in [-0.2, -0.15) is 0 Å². The fourth-order valence-corrected chi connectivity index (χ4v) is 1.51. The van der Waals surface area contributed by atoms with Crippen molar-refractivity contribution >= 4 is 0 Å². The van der Waals surface area contributed by atoms with Crippen molar-refractivity contribution in [3.8, 4) is 5.75 Å². The summed E-state index contributed by atoms with van der Waals surface area (Å²) in [6.45, 7) is 10.4. The van der Waals surface area contributed by atoms with Crippen LogP contribution in [0, 0.1) is 0 Å². The Balaban J connectivity index is 2.34. The molecule has 1 rings (SSSR count). The minimum atomic E-state index is 0.259. The standard InChI is InChI=1S/C15H25NO2/c1-12(2)16-11-14-6-5-7-15(10-14)18-9-8-17-13(3)4/h5-7,10,12-13,16H,8-9,11H2,1-4H3. The van der Waals surface area contributed by atoms with Crippen molar-refractivity contribution in [3.63, 3.8) is 0 Å². The molecule has 1 aromatic rings. The van der Waals surface area contributed by atoms with E-state index in [0.717, 1.165) is 12.3 Å². The molecule has 0 saturated carbocycles. The van der Waals surface area contributed by atoms with Crippen molar-refractivity contribution in [3.05, 3.63) is 29.8 Å². The molecule has 0 atom stereocenters. The number of ether oxygens (including phenoxy) is 2. The van der Waals surface area contributed by atoms with Gasteiger partial charge in [-0.05, 0) is 31.5 Å². The average molecular weight is 251 g/mol. The Morgan fingerprint density at radius 2 is 1.89 bits per heavy atom. The maximum atomic E-state index is 5.65. The van der Waals surface area contributed by atoms with Crippen LogP contribution in [0.3, 0.4) is 0 Å². The second kappa shape index (κ2) is 8.11. The molecule has 0 unspecified atom stereocenters. The lowest BCUT2D eigenvalue weighted by Gasteiger charge is -2.11. The number of nitrogens with one attached hydrogen (secondary N) is 1. The van der Waals surface area contributed by atoms with Gasteiger partial charge in [-0.15, -0.1) is 0 Å². The van der Waals surface area contributed by atoms with Gasteiger partial charge in [0.2, 0.25) is 0 Å². The molecule has 1 aromatic carbocycles. The first-order chi connectivity index (χ1) is 8.58. The lowest BCUT2D eigenvalue weighted by atomic mass is 10.2. The lowest BCUT2D eigenvalue weighted by molar-refractivity contribution is 0.0552. The molecule has 0 radical (unpaired) electrons. The summed E-state index contributed by atoms with van der Waals surface area (Å²) in [6, 6.07) is 8.68. The zero-order valence-electron chi connectivity index (χ0n) is 11.9. The van der Waals surface area contributed by atoms with Crippen LogP contribution in [0.2, 0.25) is 0 Å². The van der Waals surface area contributed by atoms with Crippen molar-refractivity contribution in [2.24, 2.45) is 0 Å². The molecule has 102 valence electrons. The summed E-state index contributed by atoms with van der Waals surface area (Å²) in [5.74, 6) is 0.908. The smallest absolute Gasteiger partial charge is 0.119 e. The van der Waals surface area contributed by atoms with E-state index in [1.54, 1.807) is 0 Å². The largest absolute Gasteiger partial charge is 0.491 e. The van der Waals surface area contributed by atoms with E-state index in [9.17, 15) is 0 Å². The van der Waals surface area contributed by atoms with E-state index in [0.29, 0.717) is 19.3 Å². The Hall–Kier alpha value is -1.06. The topological polar surface area (TPSA) is 30.5 Å². The van der Waals surface area contributed by atoms with E-state index in [4.69, 9.17) is 9.47 Å². The zero-order valence-corrected chi connectivity index (χ0v) is 11.9. The Bertz CT molecular complexity index is 337. The van der Waals surface area contributed by atoms with Gasteiger partial charge in [0.1, 0.15) is 12.4 Å². The molecule has 0 aliphatic rings. The maximum absolute atomic E-state index is 5.65. The summed E-state index contributed by atoms with van der Waals surface area (Å²) in [5, 5.41) is 3.39. The quantitative estimate of drug-likeness (QED) is 0.720. The molecular formula is C15H25NO2. The fourth-order valence-electron chi connectivity index (χ4n) is 1.51. The van der Waals surface area contributed by atoms with Gasteiger partial charge in [-0.3, -0.25) is 0 Å². The van der Waals surface area contributed by atoms with Gasteiger partial charge in [0.05, 0.1) is 12.7 Å². The minimum Gasteiger partial charge on any atom is -0.491 e. The third kappa shape index (κ3) is 6.62. The monoisotopic (exact) mass is 251 g/mol. The highest BCUT2D eigenvalue weighted by Gasteiger charge is 1.99. The molecule has 0 saturated heterocycles. The first-order valence-electron chi connectivity index (χ1n) is 6.64. The minimum absolute atomic E-state index is 0.259. The van der Waals surface area contributed by atoms with Gasteiger partial charge in [0.25, 0.3) is 0 Å². The summed E-state index contributed by atoms with van der Waals surface area (Å²) >= 11 is 0. The number of hydrogen-bond acceptors (Lipinski definition) is 3. The van der Waals surface area contributed by atoms with Crippen LogP contribution >= 0.6 is 0 Å². The molecule has 0 heterocycles. The Morgan fingerprint density at radius 1 is 1.11 bits per heavy atom. The van der Waals surface area contributed by atoms with Crippen molar-refractivity contribution in [2.45, 2.75) is 46.4 Å². The van der Waals surface area contributed by atoms with E-state index >= 15 is 0 Å². The fraction of sp³-hybridized carbons (Fsp3) is 0.600. The second-order valence-corrected chi connectivity index (χ2v) is 4.95. The number of benzene rings is 1. The summed E-state index contributed by atoms with van der Waals surface area (Å²) in [5.41, 5.74) is 1.24. The van der Waals surface area contributed by atoms with Crippen LogP contribution in [-0.2, 0) is 11.3 Å². The molecule has 1 N–H and O–H groups in total. The van der Waals surface area contributed by atoms with E-state index in [2.05, 4.69) is 31.3 Å². The predicted molar refractivity (Wildman–Crippen MR) is 75.0 cm³/mol. The molecular weight excluding hydrogens is 226 g/mol. The first kappa shape index (κ1) is 15.0.